The zero-order chi connectivity index (χ0) is 16.4. The zero-order valence-electron chi connectivity index (χ0n) is 13.1. The number of hydrogen-bond donors (Lipinski definition) is 1. The molecule has 7 heteroatoms. The fraction of sp³-hybridized carbons (Fsp3) is 0.412. The fourth-order valence-electron chi connectivity index (χ4n) is 2.87. The molecule has 1 amide bonds. The van der Waals surface area contributed by atoms with Gasteiger partial charge >= 0.3 is 0 Å². The van der Waals surface area contributed by atoms with E-state index in [0.717, 1.165) is 48.6 Å². The third kappa shape index (κ3) is 3.37. The van der Waals surface area contributed by atoms with E-state index in [0.29, 0.717) is 11.6 Å². The number of carbonyl (C=O) groups is 1. The highest BCUT2D eigenvalue weighted by molar-refractivity contribution is 7.14. The summed E-state index contributed by atoms with van der Waals surface area (Å²) in [5.41, 5.74) is 1.75. The topological polar surface area (TPSA) is 69.7 Å². The van der Waals surface area contributed by atoms with E-state index in [4.69, 9.17) is 14.2 Å². The number of anilines is 1. The summed E-state index contributed by atoms with van der Waals surface area (Å²) in [5, 5.41) is 5.40. The molecule has 24 heavy (non-hydrogen) atoms. The number of thiazole rings is 1. The molecular weight excluding hydrogens is 328 g/mol. The Morgan fingerprint density at radius 3 is 3.12 bits per heavy atom. The fourth-order valence-corrected chi connectivity index (χ4v) is 3.60. The number of rotatable bonds is 5. The molecule has 6 nitrogen and oxygen atoms in total. The molecule has 1 aromatic heterocycles. The van der Waals surface area contributed by atoms with E-state index in [2.05, 4.69) is 10.3 Å². The van der Waals surface area contributed by atoms with Gasteiger partial charge in [0.2, 0.25) is 12.7 Å². The quantitative estimate of drug-likeness (QED) is 0.898. The van der Waals surface area contributed by atoms with Gasteiger partial charge in [0.25, 0.3) is 0 Å². The van der Waals surface area contributed by atoms with Gasteiger partial charge < -0.3 is 19.5 Å². The molecule has 0 unspecified atom stereocenters. The van der Waals surface area contributed by atoms with Crippen LogP contribution in [0.4, 0.5) is 5.13 Å². The molecule has 4 rings (SSSR count). The van der Waals surface area contributed by atoms with Crippen LogP contribution < -0.4 is 14.8 Å². The summed E-state index contributed by atoms with van der Waals surface area (Å²) in [7, 11) is 0. The van der Waals surface area contributed by atoms with Gasteiger partial charge in [0.1, 0.15) is 0 Å². The summed E-state index contributed by atoms with van der Waals surface area (Å²) >= 11 is 1.42. The van der Waals surface area contributed by atoms with Gasteiger partial charge in [0.05, 0.1) is 11.8 Å². The van der Waals surface area contributed by atoms with Crippen molar-refractivity contribution in [3.05, 3.63) is 23.6 Å². The smallest absolute Gasteiger partial charge is 0.231 e. The monoisotopic (exact) mass is 346 g/mol. The van der Waals surface area contributed by atoms with Crippen molar-refractivity contribution in [2.45, 2.75) is 31.8 Å². The maximum Gasteiger partial charge on any atom is 0.231 e. The van der Waals surface area contributed by atoms with Gasteiger partial charge in [-0.05, 0) is 37.5 Å². The van der Waals surface area contributed by atoms with Crippen LogP contribution >= 0.6 is 11.3 Å². The Labute approximate surface area is 143 Å². The molecule has 126 valence electrons. The van der Waals surface area contributed by atoms with Gasteiger partial charge in [-0.3, -0.25) is 4.79 Å². The first-order valence-electron chi connectivity index (χ1n) is 8.05. The Bertz CT molecular complexity index is 740. The van der Waals surface area contributed by atoms with E-state index in [1.54, 1.807) is 0 Å². The van der Waals surface area contributed by atoms with Crippen molar-refractivity contribution >= 4 is 22.4 Å². The lowest BCUT2D eigenvalue weighted by Crippen LogP contribution is -2.15. The van der Waals surface area contributed by atoms with E-state index in [-0.39, 0.29) is 18.8 Å². The Hall–Kier alpha value is -2.12. The third-order valence-corrected chi connectivity index (χ3v) is 4.89. The SMILES string of the molecule is O=C(CC[C@@H]1CCCO1)Nc1nc(-c2ccc3c(c2)OCO3)cs1. The number of carbonyl (C=O) groups excluding carboxylic acids is 1. The minimum Gasteiger partial charge on any atom is -0.454 e. The predicted molar refractivity (Wildman–Crippen MR) is 90.5 cm³/mol. The molecule has 3 heterocycles. The van der Waals surface area contributed by atoms with Gasteiger partial charge in [0.15, 0.2) is 16.6 Å². The maximum absolute atomic E-state index is 12.0. The molecule has 0 aliphatic carbocycles. The third-order valence-electron chi connectivity index (χ3n) is 4.14. The Kier molecular flexibility index (Phi) is 4.36. The van der Waals surface area contributed by atoms with Crippen molar-refractivity contribution in [2.24, 2.45) is 0 Å². The average Bonchev–Trinajstić information content (AvgIpc) is 3.33. The molecule has 0 saturated carbocycles. The standard InChI is InChI=1S/C17H18N2O4S/c20-16(6-4-12-2-1-7-21-12)19-17-18-13(9-24-17)11-3-5-14-15(8-11)23-10-22-14/h3,5,8-9,12H,1-2,4,6-7,10H2,(H,18,19,20)/t12-/m0/s1. The Morgan fingerprint density at radius 1 is 1.33 bits per heavy atom. The summed E-state index contributed by atoms with van der Waals surface area (Å²) in [6.07, 6.45) is 3.61. The van der Waals surface area contributed by atoms with Gasteiger partial charge in [-0.1, -0.05) is 0 Å². The first-order valence-corrected chi connectivity index (χ1v) is 8.93. The van der Waals surface area contributed by atoms with E-state index in [1.165, 1.54) is 11.3 Å². The highest BCUT2D eigenvalue weighted by atomic mass is 32.1. The molecule has 1 aromatic carbocycles. The Morgan fingerprint density at radius 2 is 2.25 bits per heavy atom. The highest BCUT2D eigenvalue weighted by Gasteiger charge is 2.18. The second kappa shape index (κ2) is 6.78. The molecule has 0 radical (unpaired) electrons. The summed E-state index contributed by atoms with van der Waals surface area (Å²) in [5.74, 6) is 1.45. The van der Waals surface area contributed by atoms with Gasteiger partial charge in [-0.2, -0.15) is 0 Å². The molecule has 0 bridgehead atoms. The number of amides is 1. The number of nitrogens with one attached hydrogen (secondary N) is 1. The van der Waals surface area contributed by atoms with Crippen LogP contribution in [0.2, 0.25) is 0 Å². The molecule has 1 atom stereocenters. The summed E-state index contributed by atoms with van der Waals surface area (Å²) in [6, 6.07) is 5.71. The summed E-state index contributed by atoms with van der Waals surface area (Å²) < 4.78 is 16.2. The first kappa shape index (κ1) is 15.4. The van der Waals surface area contributed by atoms with Crippen LogP contribution in [0.5, 0.6) is 11.5 Å². The van der Waals surface area contributed by atoms with Crippen LogP contribution in [0.15, 0.2) is 23.6 Å². The molecule has 2 aromatic rings. The molecule has 2 aliphatic heterocycles. The number of benzene rings is 1. The summed E-state index contributed by atoms with van der Waals surface area (Å²) in [4.78, 5) is 16.5. The molecule has 1 saturated heterocycles. The largest absolute Gasteiger partial charge is 0.454 e. The minimum absolute atomic E-state index is 0.0166. The van der Waals surface area contributed by atoms with Crippen molar-refractivity contribution in [3.8, 4) is 22.8 Å². The van der Waals surface area contributed by atoms with Crippen LogP contribution in [0.25, 0.3) is 11.3 Å². The number of aromatic nitrogens is 1. The van der Waals surface area contributed by atoms with Gasteiger partial charge in [-0.15, -0.1) is 11.3 Å². The van der Waals surface area contributed by atoms with Crippen LogP contribution in [0.1, 0.15) is 25.7 Å². The molecular formula is C17H18N2O4S. The number of nitrogens with zero attached hydrogens (tertiary/aromatic N) is 1. The number of hydrogen-bond acceptors (Lipinski definition) is 6. The van der Waals surface area contributed by atoms with E-state index < -0.39 is 0 Å². The van der Waals surface area contributed by atoms with Crippen molar-refractivity contribution in [1.82, 2.24) is 4.98 Å². The minimum atomic E-state index is -0.0166. The zero-order valence-corrected chi connectivity index (χ0v) is 13.9. The van der Waals surface area contributed by atoms with E-state index >= 15 is 0 Å². The molecule has 1 fully saturated rings. The van der Waals surface area contributed by atoms with Crippen molar-refractivity contribution in [1.29, 1.82) is 0 Å². The van der Waals surface area contributed by atoms with Crippen LogP contribution in [0.3, 0.4) is 0 Å². The Balaban J connectivity index is 1.36. The lowest BCUT2D eigenvalue weighted by atomic mass is 10.1. The van der Waals surface area contributed by atoms with Crippen LogP contribution in [0, 0.1) is 0 Å². The second-order valence-electron chi connectivity index (χ2n) is 5.83. The summed E-state index contributed by atoms with van der Waals surface area (Å²) in [6.45, 7) is 1.07. The van der Waals surface area contributed by atoms with Gasteiger partial charge in [-0.25, -0.2) is 4.98 Å². The second-order valence-corrected chi connectivity index (χ2v) is 6.69. The lowest BCUT2D eigenvalue weighted by Gasteiger charge is -2.08. The van der Waals surface area contributed by atoms with E-state index in [9.17, 15) is 4.79 Å². The van der Waals surface area contributed by atoms with Gasteiger partial charge in [0, 0.05) is 24.0 Å². The molecule has 0 spiro atoms. The molecule has 1 N–H and O–H groups in total. The molecule has 2 aliphatic rings. The lowest BCUT2D eigenvalue weighted by molar-refractivity contribution is -0.116. The number of ether oxygens (including phenoxy) is 3. The normalized spacial score (nSPS) is 18.8. The highest BCUT2D eigenvalue weighted by Crippen LogP contribution is 2.36. The predicted octanol–water partition coefficient (Wildman–Crippen LogP) is 3.44. The van der Waals surface area contributed by atoms with Crippen LogP contribution in [-0.2, 0) is 9.53 Å². The average molecular weight is 346 g/mol. The van der Waals surface area contributed by atoms with E-state index in [1.807, 2.05) is 23.6 Å². The van der Waals surface area contributed by atoms with Crippen molar-refractivity contribution in [2.75, 3.05) is 18.7 Å². The number of fused-ring (bicyclic) bond motifs is 1. The maximum atomic E-state index is 12.0. The first-order chi connectivity index (χ1) is 11.8. The van der Waals surface area contributed by atoms with Crippen molar-refractivity contribution in [3.63, 3.8) is 0 Å². The van der Waals surface area contributed by atoms with Crippen LogP contribution in [-0.4, -0.2) is 30.4 Å². The van der Waals surface area contributed by atoms with Crippen molar-refractivity contribution < 1.29 is 19.0 Å².